The van der Waals surface area contributed by atoms with Gasteiger partial charge in [-0.25, -0.2) is 4.39 Å². The Kier molecular flexibility index (Phi) is 4.95. The average molecular weight is 279 g/mol. The van der Waals surface area contributed by atoms with Gasteiger partial charge in [-0.05, 0) is 49.6 Å². The summed E-state index contributed by atoms with van der Waals surface area (Å²) in [7, 11) is 2.05. The van der Waals surface area contributed by atoms with Crippen LogP contribution in [0.15, 0.2) is 23.4 Å². The summed E-state index contributed by atoms with van der Waals surface area (Å²) >= 11 is 0. The maximum atomic E-state index is 13.6. The maximum Gasteiger partial charge on any atom is 0.170 e. The Hall–Kier alpha value is -1.62. The van der Waals surface area contributed by atoms with Crippen LogP contribution in [0.25, 0.3) is 0 Å². The first-order chi connectivity index (χ1) is 9.58. The second kappa shape index (κ2) is 6.70. The van der Waals surface area contributed by atoms with Crippen LogP contribution >= 0.6 is 0 Å². The molecule has 0 atom stereocenters. The molecule has 1 aliphatic carbocycles. The summed E-state index contributed by atoms with van der Waals surface area (Å²) in [5, 5.41) is 11.6. The van der Waals surface area contributed by atoms with Gasteiger partial charge in [-0.1, -0.05) is 18.0 Å². The van der Waals surface area contributed by atoms with Gasteiger partial charge in [0.15, 0.2) is 5.84 Å². The molecule has 1 aromatic rings. The van der Waals surface area contributed by atoms with Gasteiger partial charge in [0.1, 0.15) is 5.82 Å². The minimum absolute atomic E-state index is 0.0656. The van der Waals surface area contributed by atoms with Crippen molar-refractivity contribution in [2.24, 2.45) is 16.8 Å². The largest absolute Gasteiger partial charge is 0.409 e. The van der Waals surface area contributed by atoms with Crippen LogP contribution in [0.4, 0.5) is 4.39 Å². The fraction of sp³-hybridized carbons (Fsp3) is 0.533. The number of nitrogens with zero attached hydrogens (tertiary/aromatic N) is 2. The predicted octanol–water partition coefficient (Wildman–Crippen LogP) is 2.54. The monoisotopic (exact) mass is 279 g/mol. The normalized spacial score (nSPS) is 17.1. The topological polar surface area (TPSA) is 61.8 Å². The van der Waals surface area contributed by atoms with E-state index >= 15 is 0 Å². The van der Waals surface area contributed by atoms with Gasteiger partial charge in [0.2, 0.25) is 0 Å². The van der Waals surface area contributed by atoms with Gasteiger partial charge < -0.3 is 15.8 Å². The van der Waals surface area contributed by atoms with E-state index in [0.29, 0.717) is 12.1 Å². The first kappa shape index (κ1) is 14.8. The minimum Gasteiger partial charge on any atom is -0.409 e. The third-order valence-electron chi connectivity index (χ3n) is 3.86. The second-order valence-corrected chi connectivity index (χ2v) is 5.68. The molecule has 3 N–H and O–H groups in total. The first-order valence-electron chi connectivity index (χ1n) is 7.04. The summed E-state index contributed by atoms with van der Waals surface area (Å²) in [6.07, 6.45) is 5.24. The Morgan fingerprint density at radius 2 is 2.10 bits per heavy atom. The van der Waals surface area contributed by atoms with Crippen molar-refractivity contribution in [2.75, 3.05) is 13.6 Å². The van der Waals surface area contributed by atoms with Crippen molar-refractivity contribution in [1.29, 1.82) is 0 Å². The summed E-state index contributed by atoms with van der Waals surface area (Å²) in [6.45, 7) is 1.70. The molecule has 110 valence electrons. The van der Waals surface area contributed by atoms with Crippen molar-refractivity contribution in [2.45, 2.75) is 32.2 Å². The average Bonchev–Trinajstić information content (AvgIpc) is 2.89. The molecule has 5 heteroatoms. The maximum absolute atomic E-state index is 13.6. The third-order valence-corrected chi connectivity index (χ3v) is 3.86. The molecule has 1 aromatic carbocycles. The molecule has 0 radical (unpaired) electrons. The van der Waals surface area contributed by atoms with E-state index < -0.39 is 0 Å². The molecule has 0 aromatic heterocycles. The highest BCUT2D eigenvalue weighted by Gasteiger charge is 2.17. The molecular weight excluding hydrogens is 257 g/mol. The lowest BCUT2D eigenvalue weighted by molar-refractivity contribution is 0.271. The van der Waals surface area contributed by atoms with Crippen LogP contribution in [0.5, 0.6) is 0 Å². The summed E-state index contributed by atoms with van der Waals surface area (Å²) in [5.74, 6) is 0.333. The van der Waals surface area contributed by atoms with E-state index in [0.717, 1.165) is 18.0 Å². The zero-order valence-corrected chi connectivity index (χ0v) is 11.8. The van der Waals surface area contributed by atoms with E-state index in [2.05, 4.69) is 10.1 Å². The predicted molar refractivity (Wildman–Crippen MR) is 77.2 cm³/mol. The molecule has 0 heterocycles. The smallest absolute Gasteiger partial charge is 0.170 e. The molecule has 0 spiro atoms. The van der Waals surface area contributed by atoms with Crippen molar-refractivity contribution >= 4 is 5.84 Å². The van der Waals surface area contributed by atoms with Crippen LogP contribution in [0.1, 0.15) is 36.8 Å². The Morgan fingerprint density at radius 3 is 2.75 bits per heavy atom. The molecule has 20 heavy (non-hydrogen) atoms. The fourth-order valence-corrected chi connectivity index (χ4v) is 2.96. The number of amidine groups is 1. The van der Waals surface area contributed by atoms with Crippen LogP contribution in [0.3, 0.4) is 0 Å². The summed E-state index contributed by atoms with van der Waals surface area (Å²) in [5.41, 5.74) is 6.77. The molecule has 0 bridgehead atoms. The van der Waals surface area contributed by atoms with Crippen LogP contribution in [0, 0.1) is 11.7 Å². The van der Waals surface area contributed by atoms with Crippen molar-refractivity contribution < 1.29 is 9.60 Å². The van der Waals surface area contributed by atoms with E-state index in [4.69, 9.17) is 10.9 Å². The standard InChI is InChI=1S/C15H22FN3O/c1-19(9-11-4-2-3-5-11)10-12-6-13(15(17)18-20)8-14(16)7-12/h6-8,11,20H,2-5,9-10H2,1H3,(H2,17,18). The zero-order chi connectivity index (χ0) is 14.5. The van der Waals surface area contributed by atoms with Crippen molar-refractivity contribution in [3.8, 4) is 0 Å². The van der Waals surface area contributed by atoms with Gasteiger partial charge in [0.25, 0.3) is 0 Å². The number of rotatable bonds is 5. The minimum atomic E-state index is -0.363. The van der Waals surface area contributed by atoms with Crippen molar-refractivity contribution in [1.82, 2.24) is 4.90 Å². The van der Waals surface area contributed by atoms with Crippen molar-refractivity contribution in [3.05, 3.63) is 35.1 Å². The number of nitrogens with two attached hydrogens (primary N) is 1. The highest BCUT2D eigenvalue weighted by Crippen LogP contribution is 2.25. The lowest BCUT2D eigenvalue weighted by Gasteiger charge is -2.21. The number of oxime groups is 1. The van der Waals surface area contributed by atoms with Gasteiger partial charge in [-0.3, -0.25) is 0 Å². The Bertz CT molecular complexity index is 484. The molecule has 4 nitrogen and oxygen atoms in total. The molecule has 0 amide bonds. The molecule has 1 fully saturated rings. The number of benzene rings is 1. The molecule has 2 rings (SSSR count). The van der Waals surface area contributed by atoms with E-state index in [1.165, 1.54) is 37.8 Å². The quantitative estimate of drug-likeness (QED) is 0.377. The molecule has 1 saturated carbocycles. The summed E-state index contributed by atoms with van der Waals surface area (Å²) in [6, 6.07) is 4.54. The van der Waals surface area contributed by atoms with Gasteiger partial charge in [-0.2, -0.15) is 0 Å². The van der Waals surface area contributed by atoms with Gasteiger partial charge >= 0.3 is 0 Å². The lowest BCUT2D eigenvalue weighted by atomic mass is 10.1. The van der Waals surface area contributed by atoms with Gasteiger partial charge in [0.05, 0.1) is 0 Å². The summed E-state index contributed by atoms with van der Waals surface area (Å²) in [4.78, 5) is 2.21. The number of halogens is 1. The molecule has 1 aliphatic rings. The Morgan fingerprint density at radius 1 is 1.40 bits per heavy atom. The summed E-state index contributed by atoms with van der Waals surface area (Å²) < 4.78 is 13.6. The van der Waals surface area contributed by atoms with Crippen LogP contribution in [0.2, 0.25) is 0 Å². The number of hydrogen-bond donors (Lipinski definition) is 2. The Labute approximate surface area is 119 Å². The molecular formula is C15H22FN3O. The zero-order valence-electron chi connectivity index (χ0n) is 11.8. The first-order valence-corrected chi connectivity index (χ1v) is 7.04. The molecule has 0 saturated heterocycles. The van der Waals surface area contributed by atoms with E-state index in [-0.39, 0.29) is 11.7 Å². The second-order valence-electron chi connectivity index (χ2n) is 5.68. The van der Waals surface area contributed by atoms with Crippen LogP contribution < -0.4 is 5.73 Å². The fourth-order valence-electron chi connectivity index (χ4n) is 2.96. The van der Waals surface area contributed by atoms with Crippen LogP contribution in [-0.2, 0) is 6.54 Å². The van der Waals surface area contributed by atoms with Gasteiger partial charge in [0, 0.05) is 18.7 Å². The van der Waals surface area contributed by atoms with Crippen LogP contribution in [-0.4, -0.2) is 29.5 Å². The Balaban J connectivity index is 2.02. The van der Waals surface area contributed by atoms with Crippen molar-refractivity contribution in [3.63, 3.8) is 0 Å². The number of hydrogen-bond acceptors (Lipinski definition) is 3. The van der Waals surface area contributed by atoms with Gasteiger partial charge in [-0.15, -0.1) is 0 Å². The highest BCUT2D eigenvalue weighted by atomic mass is 19.1. The third kappa shape index (κ3) is 3.93. The lowest BCUT2D eigenvalue weighted by Crippen LogP contribution is -2.24. The van der Waals surface area contributed by atoms with E-state index in [1.807, 2.05) is 7.05 Å². The molecule has 0 unspecified atom stereocenters. The van der Waals surface area contributed by atoms with E-state index in [9.17, 15) is 4.39 Å². The SMILES string of the molecule is CN(Cc1cc(F)cc(/C(N)=N/O)c1)CC1CCCC1. The molecule has 0 aliphatic heterocycles. The van der Waals surface area contributed by atoms with E-state index in [1.54, 1.807) is 6.07 Å². The highest BCUT2D eigenvalue weighted by molar-refractivity contribution is 5.97.